The minimum atomic E-state index is 0.144. The summed E-state index contributed by atoms with van der Waals surface area (Å²) in [5.74, 6) is 3.01. The number of fused-ring (bicyclic) bond motifs is 2. The summed E-state index contributed by atoms with van der Waals surface area (Å²) in [5, 5.41) is 0. The van der Waals surface area contributed by atoms with Gasteiger partial charge in [-0.3, -0.25) is 4.79 Å². The van der Waals surface area contributed by atoms with Gasteiger partial charge in [0, 0.05) is 12.6 Å². The highest BCUT2D eigenvalue weighted by Crippen LogP contribution is 2.49. The van der Waals surface area contributed by atoms with Crippen molar-refractivity contribution < 1.29 is 9.53 Å². The monoisotopic (exact) mass is 245 g/mol. The maximum atomic E-state index is 12.3. The maximum Gasteiger partial charge on any atom is 0.185 e. The molecule has 1 aromatic heterocycles. The van der Waals surface area contributed by atoms with Crippen molar-refractivity contribution in [1.29, 1.82) is 0 Å². The van der Waals surface area contributed by atoms with Gasteiger partial charge in [0.2, 0.25) is 0 Å². The quantitative estimate of drug-likeness (QED) is 0.765. The molecule has 2 aliphatic carbocycles. The first-order valence-electron chi connectivity index (χ1n) is 6.80. The van der Waals surface area contributed by atoms with Crippen LogP contribution in [0.1, 0.15) is 42.6 Å². The number of Topliss-reactive ketones (excluding diaryl/α,β-unsaturated/α-hetero) is 1. The first-order chi connectivity index (χ1) is 8.78. The molecule has 3 rings (SSSR count). The van der Waals surface area contributed by atoms with Crippen LogP contribution in [0.2, 0.25) is 0 Å². The number of pyridine rings is 1. The van der Waals surface area contributed by atoms with Gasteiger partial charge in [-0.1, -0.05) is 6.42 Å². The summed E-state index contributed by atoms with van der Waals surface area (Å²) in [6.07, 6.45) is 7.60. The number of aromatic nitrogens is 1. The Hall–Kier alpha value is -1.38. The van der Waals surface area contributed by atoms with Crippen molar-refractivity contribution in [2.45, 2.75) is 32.1 Å². The van der Waals surface area contributed by atoms with Gasteiger partial charge in [0.1, 0.15) is 11.4 Å². The molecule has 0 saturated heterocycles. The number of hydrogen-bond donors (Lipinski definition) is 0. The number of nitrogens with zero attached hydrogens (tertiary/aromatic N) is 1. The second-order valence-corrected chi connectivity index (χ2v) is 5.62. The van der Waals surface area contributed by atoms with Crippen LogP contribution in [0.5, 0.6) is 5.75 Å². The van der Waals surface area contributed by atoms with E-state index in [1.807, 2.05) is 0 Å². The molecule has 3 nitrogen and oxygen atoms in total. The van der Waals surface area contributed by atoms with Crippen LogP contribution in [-0.2, 0) is 0 Å². The van der Waals surface area contributed by atoms with E-state index in [1.165, 1.54) is 25.7 Å². The van der Waals surface area contributed by atoms with Crippen molar-refractivity contribution in [3.05, 3.63) is 24.0 Å². The first kappa shape index (κ1) is 11.7. The summed E-state index contributed by atoms with van der Waals surface area (Å²) in [6, 6.07) is 3.61. The van der Waals surface area contributed by atoms with Crippen LogP contribution < -0.4 is 4.74 Å². The predicted molar refractivity (Wildman–Crippen MR) is 68.7 cm³/mol. The first-order valence-corrected chi connectivity index (χ1v) is 6.80. The molecule has 2 aliphatic rings. The van der Waals surface area contributed by atoms with Gasteiger partial charge in [-0.15, -0.1) is 0 Å². The normalized spacial score (nSPS) is 29.5. The van der Waals surface area contributed by atoms with E-state index in [0.29, 0.717) is 23.8 Å². The summed E-state index contributed by atoms with van der Waals surface area (Å²) in [5.41, 5.74) is 0.503. The van der Waals surface area contributed by atoms with Crippen molar-refractivity contribution in [3.8, 4) is 5.75 Å². The van der Waals surface area contributed by atoms with E-state index >= 15 is 0 Å². The van der Waals surface area contributed by atoms with Crippen molar-refractivity contribution in [2.75, 3.05) is 7.11 Å². The molecule has 0 aliphatic heterocycles. The van der Waals surface area contributed by atoms with Gasteiger partial charge in [0.25, 0.3) is 0 Å². The van der Waals surface area contributed by atoms with E-state index in [0.717, 1.165) is 11.8 Å². The molecule has 0 amide bonds. The number of ketones is 1. The lowest BCUT2D eigenvalue weighted by molar-refractivity contribution is 0.0936. The van der Waals surface area contributed by atoms with E-state index in [1.54, 1.807) is 25.4 Å². The Morgan fingerprint density at radius 3 is 3.00 bits per heavy atom. The van der Waals surface area contributed by atoms with Crippen molar-refractivity contribution in [2.24, 2.45) is 17.8 Å². The van der Waals surface area contributed by atoms with Gasteiger partial charge in [0.15, 0.2) is 5.78 Å². The second-order valence-electron chi connectivity index (χ2n) is 5.62. The SMILES string of the molecule is COc1cccnc1C(=O)CC1CC2CCC1C2. The number of carbonyl (C=O) groups is 1. The predicted octanol–water partition coefficient (Wildman–Crippen LogP) is 3.10. The zero-order chi connectivity index (χ0) is 12.5. The highest BCUT2D eigenvalue weighted by Gasteiger charge is 2.40. The minimum Gasteiger partial charge on any atom is -0.494 e. The van der Waals surface area contributed by atoms with Gasteiger partial charge in [0.05, 0.1) is 7.11 Å². The molecule has 1 aromatic rings. The molecule has 2 fully saturated rings. The minimum absolute atomic E-state index is 0.144. The third-order valence-electron chi connectivity index (χ3n) is 4.59. The molecule has 3 heteroatoms. The lowest BCUT2D eigenvalue weighted by Crippen LogP contribution is -2.16. The Morgan fingerprint density at radius 1 is 1.44 bits per heavy atom. The number of hydrogen-bond acceptors (Lipinski definition) is 3. The highest BCUT2D eigenvalue weighted by molar-refractivity contribution is 5.96. The average molecular weight is 245 g/mol. The fourth-order valence-electron chi connectivity index (χ4n) is 3.73. The molecular weight excluding hydrogens is 226 g/mol. The van der Waals surface area contributed by atoms with E-state index in [2.05, 4.69) is 4.98 Å². The Labute approximate surface area is 108 Å². The molecule has 0 aromatic carbocycles. The highest BCUT2D eigenvalue weighted by atomic mass is 16.5. The molecule has 96 valence electrons. The summed E-state index contributed by atoms with van der Waals surface area (Å²) in [6.45, 7) is 0. The average Bonchev–Trinajstić information content (AvgIpc) is 3.01. The zero-order valence-electron chi connectivity index (χ0n) is 10.8. The van der Waals surface area contributed by atoms with Gasteiger partial charge >= 0.3 is 0 Å². The van der Waals surface area contributed by atoms with Crippen molar-refractivity contribution in [1.82, 2.24) is 4.98 Å². The van der Waals surface area contributed by atoms with Crippen LogP contribution in [0.3, 0.4) is 0 Å². The second kappa shape index (κ2) is 4.71. The number of carbonyl (C=O) groups excluding carboxylic acids is 1. The van der Waals surface area contributed by atoms with E-state index in [4.69, 9.17) is 4.74 Å². The van der Waals surface area contributed by atoms with Crippen molar-refractivity contribution >= 4 is 5.78 Å². The molecule has 18 heavy (non-hydrogen) atoms. The third-order valence-corrected chi connectivity index (χ3v) is 4.59. The van der Waals surface area contributed by atoms with Crippen LogP contribution >= 0.6 is 0 Å². The lowest BCUT2D eigenvalue weighted by Gasteiger charge is -2.20. The summed E-state index contributed by atoms with van der Waals surface area (Å²) in [4.78, 5) is 16.5. The summed E-state index contributed by atoms with van der Waals surface area (Å²) >= 11 is 0. The van der Waals surface area contributed by atoms with Gasteiger partial charge in [-0.2, -0.15) is 0 Å². The molecule has 0 radical (unpaired) electrons. The zero-order valence-corrected chi connectivity index (χ0v) is 10.8. The molecule has 0 spiro atoms. The van der Waals surface area contributed by atoms with E-state index in [9.17, 15) is 4.79 Å². The summed E-state index contributed by atoms with van der Waals surface area (Å²) < 4.78 is 5.21. The number of rotatable bonds is 4. The summed E-state index contributed by atoms with van der Waals surface area (Å²) in [7, 11) is 1.59. The van der Waals surface area contributed by atoms with Crippen LogP contribution in [-0.4, -0.2) is 17.9 Å². The van der Waals surface area contributed by atoms with E-state index < -0.39 is 0 Å². The molecule has 1 heterocycles. The molecule has 0 N–H and O–H groups in total. The van der Waals surface area contributed by atoms with Gasteiger partial charge < -0.3 is 4.74 Å². The van der Waals surface area contributed by atoms with Crippen molar-refractivity contribution in [3.63, 3.8) is 0 Å². The Bertz CT molecular complexity index is 458. The number of ether oxygens (including phenoxy) is 1. The third kappa shape index (κ3) is 2.02. The smallest absolute Gasteiger partial charge is 0.185 e. The van der Waals surface area contributed by atoms with Crippen LogP contribution in [0, 0.1) is 17.8 Å². The molecule has 3 unspecified atom stereocenters. The molecule has 2 saturated carbocycles. The molecule has 3 atom stereocenters. The Balaban J connectivity index is 1.71. The topological polar surface area (TPSA) is 39.2 Å². The van der Waals surface area contributed by atoms with Crippen LogP contribution in [0.15, 0.2) is 18.3 Å². The molecular formula is C15H19NO2. The standard InChI is InChI=1S/C15H19NO2/c1-18-14-3-2-6-16-15(14)13(17)9-12-8-10-4-5-11(12)7-10/h2-3,6,10-12H,4-5,7-9H2,1H3. The largest absolute Gasteiger partial charge is 0.494 e. The van der Waals surface area contributed by atoms with Gasteiger partial charge in [-0.25, -0.2) is 4.98 Å². The van der Waals surface area contributed by atoms with Crippen LogP contribution in [0.4, 0.5) is 0 Å². The van der Waals surface area contributed by atoms with E-state index in [-0.39, 0.29) is 5.78 Å². The fourth-order valence-corrected chi connectivity index (χ4v) is 3.73. The lowest BCUT2D eigenvalue weighted by atomic mass is 9.84. The Kier molecular flexibility index (Phi) is 3.06. The molecule has 2 bridgehead atoms. The van der Waals surface area contributed by atoms with Crippen LogP contribution in [0.25, 0.3) is 0 Å². The van der Waals surface area contributed by atoms with Gasteiger partial charge in [-0.05, 0) is 49.1 Å². The fraction of sp³-hybridized carbons (Fsp3) is 0.600. The maximum absolute atomic E-state index is 12.3. The Morgan fingerprint density at radius 2 is 2.33 bits per heavy atom. The number of methoxy groups -OCH3 is 1.